The second kappa shape index (κ2) is 3.80. The first-order valence-electron chi connectivity index (χ1n) is 5.29. The maximum absolute atomic E-state index is 13.1. The van der Waals surface area contributed by atoms with E-state index in [1.807, 2.05) is 0 Å². The molecule has 0 radical (unpaired) electrons. The molecular weight excluding hydrogens is 209 g/mol. The Bertz CT molecular complexity index is 503. The van der Waals surface area contributed by atoms with Gasteiger partial charge in [0.15, 0.2) is 11.5 Å². The van der Waals surface area contributed by atoms with Crippen molar-refractivity contribution >= 4 is 5.65 Å². The van der Waals surface area contributed by atoms with Crippen LogP contribution in [0.25, 0.3) is 5.65 Å². The van der Waals surface area contributed by atoms with Crippen molar-refractivity contribution in [1.29, 1.82) is 0 Å². The third kappa shape index (κ3) is 1.56. The van der Waals surface area contributed by atoms with Crippen molar-refractivity contribution < 1.29 is 4.39 Å². The SMILES string of the molecule is Fc1ccc2nnc([C@H]3CNCCN3)n2c1. The predicted octanol–water partition coefficient (Wildman–Crippen LogP) is 0.102. The van der Waals surface area contributed by atoms with Crippen LogP contribution < -0.4 is 10.6 Å². The first-order valence-corrected chi connectivity index (χ1v) is 5.29. The summed E-state index contributed by atoms with van der Waals surface area (Å²) < 4.78 is 14.8. The van der Waals surface area contributed by atoms with Crippen LogP contribution in [0.4, 0.5) is 4.39 Å². The molecule has 0 unspecified atom stereocenters. The minimum Gasteiger partial charge on any atom is -0.313 e. The molecule has 5 nitrogen and oxygen atoms in total. The van der Waals surface area contributed by atoms with Crippen LogP contribution in [0.5, 0.6) is 0 Å². The molecule has 16 heavy (non-hydrogen) atoms. The molecule has 84 valence electrons. The van der Waals surface area contributed by atoms with Crippen molar-refractivity contribution in [2.45, 2.75) is 6.04 Å². The smallest absolute Gasteiger partial charge is 0.160 e. The summed E-state index contributed by atoms with van der Waals surface area (Å²) >= 11 is 0. The van der Waals surface area contributed by atoms with Crippen molar-refractivity contribution in [3.8, 4) is 0 Å². The largest absolute Gasteiger partial charge is 0.313 e. The topological polar surface area (TPSA) is 54.2 Å². The Labute approximate surface area is 91.7 Å². The summed E-state index contributed by atoms with van der Waals surface area (Å²) in [5, 5.41) is 14.7. The molecule has 0 bridgehead atoms. The van der Waals surface area contributed by atoms with Crippen LogP contribution in [0.1, 0.15) is 11.9 Å². The number of piperazine rings is 1. The molecule has 2 aromatic heterocycles. The average molecular weight is 221 g/mol. The van der Waals surface area contributed by atoms with Crippen molar-refractivity contribution in [2.75, 3.05) is 19.6 Å². The quantitative estimate of drug-likeness (QED) is 0.717. The molecular formula is C10H12FN5. The van der Waals surface area contributed by atoms with Crippen molar-refractivity contribution in [3.05, 3.63) is 30.0 Å². The second-order valence-corrected chi connectivity index (χ2v) is 3.84. The Morgan fingerprint density at radius 3 is 3.06 bits per heavy atom. The van der Waals surface area contributed by atoms with E-state index in [0.717, 1.165) is 25.5 Å². The molecule has 0 spiro atoms. The number of hydrogen-bond acceptors (Lipinski definition) is 4. The molecule has 0 saturated carbocycles. The summed E-state index contributed by atoms with van der Waals surface area (Å²) in [7, 11) is 0. The summed E-state index contributed by atoms with van der Waals surface area (Å²) in [5.74, 6) is 0.471. The maximum atomic E-state index is 13.1. The van der Waals surface area contributed by atoms with Gasteiger partial charge in [-0.1, -0.05) is 0 Å². The highest BCUT2D eigenvalue weighted by Gasteiger charge is 2.19. The maximum Gasteiger partial charge on any atom is 0.160 e. The highest BCUT2D eigenvalue weighted by molar-refractivity contribution is 5.38. The first kappa shape index (κ1) is 9.68. The Morgan fingerprint density at radius 1 is 1.31 bits per heavy atom. The highest BCUT2D eigenvalue weighted by atomic mass is 19.1. The van der Waals surface area contributed by atoms with Gasteiger partial charge < -0.3 is 10.6 Å². The molecule has 0 aliphatic carbocycles. The number of pyridine rings is 1. The lowest BCUT2D eigenvalue weighted by Gasteiger charge is -2.22. The molecule has 3 heterocycles. The molecule has 6 heteroatoms. The van der Waals surface area contributed by atoms with E-state index < -0.39 is 0 Å². The molecule has 1 atom stereocenters. The number of nitrogens with one attached hydrogen (secondary N) is 2. The lowest BCUT2D eigenvalue weighted by atomic mass is 10.2. The summed E-state index contributed by atoms with van der Waals surface area (Å²) in [6.07, 6.45) is 1.42. The van der Waals surface area contributed by atoms with E-state index in [1.54, 1.807) is 10.5 Å². The summed E-state index contributed by atoms with van der Waals surface area (Å²) in [4.78, 5) is 0. The van der Waals surface area contributed by atoms with E-state index >= 15 is 0 Å². The third-order valence-corrected chi connectivity index (χ3v) is 2.75. The van der Waals surface area contributed by atoms with Crippen LogP contribution in [0.15, 0.2) is 18.3 Å². The molecule has 1 aliphatic heterocycles. The standard InChI is InChI=1S/C10H12FN5/c11-7-1-2-9-14-15-10(16(9)6-7)8-5-12-3-4-13-8/h1-2,6,8,12-13H,3-5H2/t8-/m1/s1. The van der Waals surface area contributed by atoms with Gasteiger partial charge in [-0.3, -0.25) is 4.40 Å². The van der Waals surface area contributed by atoms with Gasteiger partial charge in [0.2, 0.25) is 0 Å². The van der Waals surface area contributed by atoms with Gasteiger partial charge in [-0.2, -0.15) is 0 Å². The molecule has 3 rings (SSSR count). The number of aromatic nitrogens is 3. The van der Waals surface area contributed by atoms with Gasteiger partial charge in [0.1, 0.15) is 5.82 Å². The van der Waals surface area contributed by atoms with E-state index in [-0.39, 0.29) is 11.9 Å². The van der Waals surface area contributed by atoms with Crippen LogP contribution in [-0.4, -0.2) is 34.2 Å². The van der Waals surface area contributed by atoms with E-state index in [4.69, 9.17) is 0 Å². The normalized spacial score (nSPS) is 21.4. The van der Waals surface area contributed by atoms with E-state index in [1.165, 1.54) is 12.3 Å². The van der Waals surface area contributed by atoms with E-state index in [2.05, 4.69) is 20.8 Å². The zero-order valence-electron chi connectivity index (χ0n) is 8.65. The number of hydrogen-bond donors (Lipinski definition) is 2. The van der Waals surface area contributed by atoms with Gasteiger partial charge in [-0.15, -0.1) is 10.2 Å². The van der Waals surface area contributed by atoms with Gasteiger partial charge in [0, 0.05) is 25.8 Å². The van der Waals surface area contributed by atoms with Gasteiger partial charge in [-0.05, 0) is 12.1 Å². The molecule has 2 N–H and O–H groups in total. The van der Waals surface area contributed by atoms with Crippen LogP contribution in [0, 0.1) is 5.82 Å². The molecule has 1 aliphatic rings. The van der Waals surface area contributed by atoms with Crippen molar-refractivity contribution in [3.63, 3.8) is 0 Å². The van der Waals surface area contributed by atoms with Crippen LogP contribution >= 0.6 is 0 Å². The zero-order valence-corrected chi connectivity index (χ0v) is 8.65. The average Bonchev–Trinajstić information content (AvgIpc) is 2.73. The van der Waals surface area contributed by atoms with Crippen LogP contribution in [-0.2, 0) is 0 Å². The molecule has 2 aromatic rings. The van der Waals surface area contributed by atoms with Gasteiger partial charge in [0.05, 0.1) is 6.04 Å². The minimum absolute atomic E-state index is 0.0885. The summed E-state index contributed by atoms with van der Waals surface area (Å²) in [5.41, 5.74) is 0.670. The van der Waals surface area contributed by atoms with Crippen LogP contribution in [0.2, 0.25) is 0 Å². The molecule has 1 fully saturated rings. The van der Waals surface area contributed by atoms with Crippen molar-refractivity contribution in [1.82, 2.24) is 25.2 Å². The fraction of sp³-hybridized carbons (Fsp3) is 0.400. The monoisotopic (exact) mass is 221 g/mol. The lowest BCUT2D eigenvalue weighted by molar-refractivity contribution is 0.412. The first-order chi connectivity index (χ1) is 7.84. The number of rotatable bonds is 1. The Kier molecular flexibility index (Phi) is 2.30. The van der Waals surface area contributed by atoms with E-state index in [9.17, 15) is 4.39 Å². The fourth-order valence-electron chi connectivity index (χ4n) is 1.96. The van der Waals surface area contributed by atoms with E-state index in [0.29, 0.717) is 5.65 Å². The summed E-state index contributed by atoms with van der Waals surface area (Å²) in [6.45, 7) is 2.62. The second-order valence-electron chi connectivity index (χ2n) is 3.84. The fourth-order valence-corrected chi connectivity index (χ4v) is 1.96. The molecule has 1 saturated heterocycles. The Morgan fingerprint density at radius 2 is 2.25 bits per heavy atom. The Balaban J connectivity index is 2.05. The molecule has 0 aromatic carbocycles. The van der Waals surface area contributed by atoms with Crippen LogP contribution in [0.3, 0.4) is 0 Å². The Hall–Kier alpha value is -1.53. The third-order valence-electron chi connectivity index (χ3n) is 2.75. The van der Waals surface area contributed by atoms with Gasteiger partial charge >= 0.3 is 0 Å². The highest BCUT2D eigenvalue weighted by Crippen LogP contribution is 2.13. The van der Waals surface area contributed by atoms with Gasteiger partial charge in [0.25, 0.3) is 0 Å². The number of fused-ring (bicyclic) bond motifs is 1. The lowest BCUT2D eigenvalue weighted by Crippen LogP contribution is -2.43. The predicted molar refractivity (Wildman–Crippen MR) is 56.6 cm³/mol. The number of halogens is 1. The molecule has 0 amide bonds. The zero-order chi connectivity index (χ0) is 11.0. The number of nitrogens with zero attached hydrogens (tertiary/aromatic N) is 3. The van der Waals surface area contributed by atoms with Gasteiger partial charge in [-0.25, -0.2) is 4.39 Å². The summed E-state index contributed by atoms with van der Waals surface area (Å²) in [6, 6.07) is 3.10. The minimum atomic E-state index is -0.280. The van der Waals surface area contributed by atoms with Crippen molar-refractivity contribution in [2.24, 2.45) is 0 Å².